The van der Waals surface area contributed by atoms with E-state index in [2.05, 4.69) is 18.1 Å². The van der Waals surface area contributed by atoms with Crippen molar-refractivity contribution < 1.29 is 9.47 Å². The summed E-state index contributed by atoms with van der Waals surface area (Å²) in [6.07, 6.45) is 0. The average Bonchev–Trinajstić information content (AvgIpc) is 2.55. The Labute approximate surface area is 146 Å². The molecule has 0 N–H and O–H groups in total. The zero-order chi connectivity index (χ0) is 15.6. The molecule has 0 aromatic carbocycles. The van der Waals surface area contributed by atoms with Crippen LogP contribution < -0.4 is 0 Å². The topological polar surface area (TPSA) is 62.0 Å². The summed E-state index contributed by atoms with van der Waals surface area (Å²) in [5, 5.41) is 0. The van der Waals surface area contributed by atoms with Gasteiger partial charge in [-0.05, 0) is 0 Å². The Balaban J connectivity index is 1.88. The van der Waals surface area contributed by atoms with Crippen LogP contribution in [0.1, 0.15) is 0 Å². The molecule has 22 heavy (non-hydrogen) atoms. The standard InChI is InChI=1S/C11H16Cl3N5O2S/c12-11(13,14)9-15-10(18-1-5-20-6-2-18)17-22(16-9)19-3-7-21-8-4-19/h1-8H2/t22-/m0/s1. The Morgan fingerprint density at radius 2 is 1.55 bits per heavy atom. The highest BCUT2D eigenvalue weighted by atomic mass is 35.6. The van der Waals surface area contributed by atoms with Gasteiger partial charge < -0.3 is 14.4 Å². The molecule has 0 aromatic heterocycles. The largest absolute Gasteiger partial charge is 0.379 e. The number of rotatable bonds is 1. The number of hydrogen-bond donors (Lipinski definition) is 0. The molecule has 0 saturated carbocycles. The molecule has 2 fully saturated rings. The van der Waals surface area contributed by atoms with Crippen LogP contribution in [0.25, 0.3) is 0 Å². The van der Waals surface area contributed by atoms with Gasteiger partial charge in [-0.3, -0.25) is 0 Å². The lowest BCUT2D eigenvalue weighted by atomic mass is 10.4. The van der Waals surface area contributed by atoms with Gasteiger partial charge in [0.2, 0.25) is 5.96 Å². The third-order valence-electron chi connectivity index (χ3n) is 3.29. The Hall–Kier alpha value is 0.0400. The number of amidine groups is 1. The van der Waals surface area contributed by atoms with Crippen LogP contribution in [0.4, 0.5) is 0 Å². The van der Waals surface area contributed by atoms with Gasteiger partial charge in [0.25, 0.3) is 3.79 Å². The summed E-state index contributed by atoms with van der Waals surface area (Å²) >= 11 is 17.2. The fraction of sp³-hybridized carbons (Fsp3) is 0.818. The molecule has 2 saturated heterocycles. The molecule has 3 aliphatic rings. The van der Waals surface area contributed by atoms with Crippen molar-refractivity contribution in [3.05, 3.63) is 0 Å². The predicted molar refractivity (Wildman–Crippen MR) is 89.7 cm³/mol. The fourth-order valence-corrected chi connectivity index (χ4v) is 3.92. The molecule has 0 bridgehead atoms. The first-order valence-corrected chi connectivity index (χ1v) is 9.13. The molecule has 124 valence electrons. The number of ether oxygens (including phenoxy) is 2. The molecule has 0 spiro atoms. The van der Waals surface area contributed by atoms with E-state index in [1.165, 1.54) is 0 Å². The van der Waals surface area contributed by atoms with Gasteiger partial charge in [-0.1, -0.05) is 34.8 Å². The van der Waals surface area contributed by atoms with E-state index >= 15 is 0 Å². The van der Waals surface area contributed by atoms with E-state index in [1.807, 2.05) is 4.90 Å². The number of hydrogen-bond acceptors (Lipinski definition) is 7. The van der Waals surface area contributed by atoms with Gasteiger partial charge in [-0.25, -0.2) is 4.31 Å². The summed E-state index contributed by atoms with van der Waals surface area (Å²) in [5.41, 5.74) is 0. The minimum absolute atomic E-state index is 0.184. The molecule has 7 nitrogen and oxygen atoms in total. The fourth-order valence-electron chi connectivity index (χ4n) is 2.14. The molecule has 3 heterocycles. The number of aliphatic imine (C=N–C) groups is 1. The van der Waals surface area contributed by atoms with Crippen LogP contribution >= 0.6 is 34.8 Å². The molecule has 3 rings (SSSR count). The van der Waals surface area contributed by atoms with E-state index in [0.29, 0.717) is 32.4 Å². The Kier molecular flexibility index (Phi) is 5.60. The Bertz CT molecular complexity index is 492. The Morgan fingerprint density at radius 3 is 2.14 bits per heavy atom. The highest BCUT2D eigenvalue weighted by Crippen LogP contribution is 2.31. The minimum Gasteiger partial charge on any atom is -0.379 e. The molecule has 1 atom stereocenters. The van der Waals surface area contributed by atoms with Gasteiger partial charge in [0.1, 0.15) is 11.1 Å². The first-order chi connectivity index (χ1) is 10.5. The number of guanidine groups is 1. The van der Waals surface area contributed by atoms with Crippen molar-refractivity contribution >= 4 is 57.7 Å². The number of morpholine rings is 2. The second-order valence-corrected chi connectivity index (χ2v) is 8.45. The second kappa shape index (κ2) is 7.29. The first kappa shape index (κ1) is 16.9. The lowest BCUT2D eigenvalue weighted by Crippen LogP contribution is -2.44. The third kappa shape index (κ3) is 4.11. The van der Waals surface area contributed by atoms with Crippen LogP contribution in [0, 0.1) is 0 Å². The highest BCUT2D eigenvalue weighted by molar-refractivity contribution is 7.84. The van der Waals surface area contributed by atoms with Crippen molar-refractivity contribution in [3.63, 3.8) is 0 Å². The summed E-state index contributed by atoms with van der Waals surface area (Å²) in [6, 6.07) is 0. The zero-order valence-corrected chi connectivity index (χ0v) is 14.8. The molecule has 0 unspecified atom stereocenters. The minimum atomic E-state index is -1.66. The van der Waals surface area contributed by atoms with Crippen LogP contribution in [-0.2, 0) is 20.5 Å². The maximum absolute atomic E-state index is 5.99. The summed E-state index contributed by atoms with van der Waals surface area (Å²) < 4.78 is 20.3. The molecule has 0 amide bonds. The lowest BCUT2D eigenvalue weighted by molar-refractivity contribution is 0.0675. The molecule has 3 aliphatic heterocycles. The molecule has 0 radical (unpaired) electrons. The van der Waals surface area contributed by atoms with Crippen molar-refractivity contribution in [3.8, 4) is 0 Å². The van der Waals surface area contributed by atoms with Crippen molar-refractivity contribution in [2.75, 3.05) is 52.6 Å². The van der Waals surface area contributed by atoms with Crippen LogP contribution in [0.2, 0.25) is 0 Å². The van der Waals surface area contributed by atoms with Crippen LogP contribution in [0.15, 0.2) is 13.8 Å². The van der Waals surface area contributed by atoms with Crippen molar-refractivity contribution in [2.24, 2.45) is 13.8 Å². The number of halogens is 3. The molecule has 0 aliphatic carbocycles. The van der Waals surface area contributed by atoms with Gasteiger partial charge in [-0.15, -0.1) is 0 Å². The quantitative estimate of drug-likeness (QED) is 0.637. The van der Waals surface area contributed by atoms with Gasteiger partial charge in [0.15, 0.2) is 5.84 Å². The van der Waals surface area contributed by atoms with Gasteiger partial charge in [-0.2, -0.15) is 13.8 Å². The van der Waals surface area contributed by atoms with E-state index in [-0.39, 0.29) is 5.84 Å². The normalized spacial score (nSPS) is 28.0. The number of nitrogens with zero attached hydrogens (tertiary/aromatic N) is 5. The second-order valence-electron chi connectivity index (χ2n) is 4.80. The predicted octanol–water partition coefficient (Wildman–Crippen LogP) is 1.42. The maximum Gasteiger partial charge on any atom is 0.250 e. The first-order valence-electron chi connectivity index (χ1n) is 6.90. The van der Waals surface area contributed by atoms with Crippen molar-refractivity contribution in [1.82, 2.24) is 9.21 Å². The molecular formula is C11H16Cl3N5O2S. The van der Waals surface area contributed by atoms with E-state index in [1.54, 1.807) is 0 Å². The third-order valence-corrected chi connectivity index (χ3v) is 5.28. The number of alkyl halides is 3. The van der Waals surface area contributed by atoms with Crippen LogP contribution in [-0.4, -0.2) is 77.4 Å². The molecule has 0 aromatic rings. The zero-order valence-electron chi connectivity index (χ0n) is 11.8. The monoisotopic (exact) mass is 387 g/mol. The Morgan fingerprint density at radius 1 is 0.955 bits per heavy atom. The van der Waals surface area contributed by atoms with E-state index in [0.717, 1.165) is 26.2 Å². The van der Waals surface area contributed by atoms with E-state index in [9.17, 15) is 0 Å². The SMILES string of the molecule is ClC(Cl)(Cl)C1=NC(N2CCOCC2)=N[S@@](N2CCOCC2)=N1. The summed E-state index contributed by atoms with van der Waals surface area (Å²) in [6.45, 7) is 5.52. The molecular weight excluding hydrogens is 373 g/mol. The lowest BCUT2D eigenvalue weighted by Gasteiger charge is -2.32. The average molecular weight is 389 g/mol. The van der Waals surface area contributed by atoms with E-state index < -0.39 is 14.9 Å². The summed E-state index contributed by atoms with van der Waals surface area (Å²) in [4.78, 5) is 6.38. The maximum atomic E-state index is 5.99. The van der Waals surface area contributed by atoms with Crippen LogP contribution in [0.3, 0.4) is 0 Å². The van der Waals surface area contributed by atoms with Crippen molar-refractivity contribution in [1.29, 1.82) is 0 Å². The van der Waals surface area contributed by atoms with E-state index in [4.69, 9.17) is 44.3 Å². The van der Waals surface area contributed by atoms with Gasteiger partial charge >= 0.3 is 0 Å². The van der Waals surface area contributed by atoms with Gasteiger partial charge in [0.05, 0.1) is 26.4 Å². The smallest absolute Gasteiger partial charge is 0.250 e. The molecule has 11 heteroatoms. The highest BCUT2D eigenvalue weighted by Gasteiger charge is 2.33. The van der Waals surface area contributed by atoms with Crippen molar-refractivity contribution in [2.45, 2.75) is 3.79 Å². The summed E-state index contributed by atoms with van der Waals surface area (Å²) in [7, 11) is 0. The van der Waals surface area contributed by atoms with Gasteiger partial charge in [0, 0.05) is 26.2 Å². The van der Waals surface area contributed by atoms with Crippen LogP contribution in [0.5, 0.6) is 0 Å². The summed E-state index contributed by atoms with van der Waals surface area (Å²) in [5.74, 6) is 0.748.